The fourth-order valence-electron chi connectivity index (χ4n) is 2.65. The molecule has 1 fully saturated rings. The number of nitrogens with zero attached hydrogens (tertiary/aromatic N) is 1. The molecular weight excluding hydrogens is 356 g/mol. The highest BCUT2D eigenvalue weighted by atomic mass is 35.5. The molecule has 26 heavy (non-hydrogen) atoms. The number of amides is 2. The zero-order valence-electron chi connectivity index (χ0n) is 14.5. The first-order chi connectivity index (χ1) is 12.6. The molecular formula is C19H21ClN2O4. The Morgan fingerprint density at radius 3 is 2.88 bits per heavy atom. The van der Waals surface area contributed by atoms with Gasteiger partial charge in [-0.15, -0.1) is 0 Å². The number of carbonyl (C=O) groups is 1. The molecule has 1 atom stereocenters. The van der Waals surface area contributed by atoms with E-state index in [-0.39, 0.29) is 12.1 Å². The van der Waals surface area contributed by atoms with Crippen LogP contribution in [0.5, 0.6) is 11.5 Å². The number of anilines is 1. The summed E-state index contributed by atoms with van der Waals surface area (Å²) < 4.78 is 16.7. The number of hydrogen-bond donors (Lipinski definition) is 1. The SMILES string of the molecule is COc1cccc(OCC2CN(C(=O)Nc3cccc(Cl)c3)CCO2)c1. The molecule has 6 nitrogen and oxygen atoms in total. The molecule has 0 bridgehead atoms. The molecule has 2 aromatic rings. The zero-order valence-corrected chi connectivity index (χ0v) is 15.2. The third kappa shape index (κ3) is 5.03. The van der Waals surface area contributed by atoms with Crippen LogP contribution in [0.3, 0.4) is 0 Å². The van der Waals surface area contributed by atoms with E-state index in [4.69, 9.17) is 25.8 Å². The van der Waals surface area contributed by atoms with Gasteiger partial charge in [0, 0.05) is 23.3 Å². The van der Waals surface area contributed by atoms with E-state index in [1.807, 2.05) is 24.3 Å². The fourth-order valence-corrected chi connectivity index (χ4v) is 2.84. The van der Waals surface area contributed by atoms with Gasteiger partial charge in [0.15, 0.2) is 0 Å². The van der Waals surface area contributed by atoms with Gasteiger partial charge in [-0.3, -0.25) is 0 Å². The van der Waals surface area contributed by atoms with Crippen molar-refractivity contribution in [2.45, 2.75) is 6.10 Å². The van der Waals surface area contributed by atoms with Gasteiger partial charge in [0.25, 0.3) is 0 Å². The van der Waals surface area contributed by atoms with Gasteiger partial charge in [0.2, 0.25) is 0 Å². The van der Waals surface area contributed by atoms with Crippen molar-refractivity contribution < 1.29 is 19.0 Å². The Morgan fingerprint density at radius 2 is 2.08 bits per heavy atom. The second-order valence-electron chi connectivity index (χ2n) is 5.87. The van der Waals surface area contributed by atoms with Crippen molar-refractivity contribution in [2.24, 2.45) is 0 Å². The lowest BCUT2D eigenvalue weighted by molar-refractivity contribution is -0.0337. The molecule has 1 heterocycles. The Hall–Kier alpha value is -2.44. The van der Waals surface area contributed by atoms with Crippen LogP contribution in [0, 0.1) is 0 Å². The van der Waals surface area contributed by atoms with E-state index in [1.54, 1.807) is 36.3 Å². The number of methoxy groups -OCH3 is 1. The molecule has 0 spiro atoms. The van der Waals surface area contributed by atoms with Crippen molar-refractivity contribution in [1.29, 1.82) is 0 Å². The van der Waals surface area contributed by atoms with E-state index in [9.17, 15) is 4.79 Å². The number of hydrogen-bond acceptors (Lipinski definition) is 4. The molecule has 3 rings (SSSR count). The first-order valence-corrected chi connectivity index (χ1v) is 8.72. The Labute approximate surface area is 157 Å². The Balaban J connectivity index is 1.52. The number of morpholine rings is 1. The van der Waals surface area contributed by atoms with Crippen LogP contribution >= 0.6 is 11.6 Å². The number of rotatable bonds is 5. The molecule has 0 aromatic heterocycles. The molecule has 1 unspecified atom stereocenters. The highest BCUT2D eigenvalue weighted by molar-refractivity contribution is 6.30. The van der Waals surface area contributed by atoms with E-state index in [1.165, 1.54) is 0 Å². The summed E-state index contributed by atoms with van der Waals surface area (Å²) in [6, 6.07) is 14.3. The van der Waals surface area contributed by atoms with Crippen molar-refractivity contribution >= 4 is 23.3 Å². The lowest BCUT2D eigenvalue weighted by Gasteiger charge is -2.32. The third-order valence-corrected chi connectivity index (χ3v) is 4.21. The van der Waals surface area contributed by atoms with Crippen molar-refractivity contribution in [3.63, 3.8) is 0 Å². The molecule has 1 aliphatic rings. The van der Waals surface area contributed by atoms with Crippen LogP contribution in [-0.4, -0.2) is 50.4 Å². The predicted molar refractivity (Wildman–Crippen MR) is 100 cm³/mol. The largest absolute Gasteiger partial charge is 0.497 e. The minimum absolute atomic E-state index is 0.179. The van der Waals surface area contributed by atoms with Gasteiger partial charge in [0.05, 0.1) is 20.3 Å². The number of benzene rings is 2. The van der Waals surface area contributed by atoms with Crippen LogP contribution in [0.25, 0.3) is 0 Å². The summed E-state index contributed by atoms with van der Waals surface area (Å²) in [6.45, 7) is 1.81. The van der Waals surface area contributed by atoms with Gasteiger partial charge in [0.1, 0.15) is 24.2 Å². The minimum atomic E-state index is -0.194. The van der Waals surface area contributed by atoms with Gasteiger partial charge < -0.3 is 24.4 Å². The lowest BCUT2D eigenvalue weighted by atomic mass is 10.3. The van der Waals surface area contributed by atoms with Crippen molar-refractivity contribution in [1.82, 2.24) is 4.90 Å². The van der Waals surface area contributed by atoms with Crippen molar-refractivity contribution in [3.05, 3.63) is 53.6 Å². The van der Waals surface area contributed by atoms with Gasteiger partial charge in [-0.25, -0.2) is 4.79 Å². The van der Waals surface area contributed by atoms with Crippen LogP contribution in [0.15, 0.2) is 48.5 Å². The van der Waals surface area contributed by atoms with Crippen LogP contribution < -0.4 is 14.8 Å². The standard InChI is InChI=1S/C19H21ClN2O4/c1-24-16-6-3-7-17(11-16)26-13-18-12-22(8-9-25-18)19(23)21-15-5-2-4-14(20)10-15/h2-7,10-11,18H,8-9,12-13H2,1H3,(H,21,23). The van der Waals surface area contributed by atoms with E-state index in [0.717, 1.165) is 5.75 Å². The van der Waals surface area contributed by atoms with Crippen LogP contribution in [0.2, 0.25) is 5.02 Å². The smallest absolute Gasteiger partial charge is 0.322 e. The third-order valence-electron chi connectivity index (χ3n) is 3.98. The van der Waals surface area contributed by atoms with Gasteiger partial charge >= 0.3 is 6.03 Å². The Bertz CT molecular complexity index is 756. The molecule has 1 aliphatic heterocycles. The predicted octanol–water partition coefficient (Wildman–Crippen LogP) is 3.66. The molecule has 2 amide bonds. The highest BCUT2D eigenvalue weighted by Gasteiger charge is 2.25. The molecule has 2 aromatic carbocycles. The Kier molecular flexibility index (Phi) is 6.20. The van der Waals surface area contributed by atoms with E-state index in [0.29, 0.717) is 42.8 Å². The van der Waals surface area contributed by atoms with Gasteiger partial charge in [-0.2, -0.15) is 0 Å². The first kappa shape index (κ1) is 18.4. The van der Waals surface area contributed by atoms with Crippen LogP contribution in [-0.2, 0) is 4.74 Å². The lowest BCUT2D eigenvalue weighted by Crippen LogP contribution is -2.49. The average Bonchev–Trinajstić information content (AvgIpc) is 2.67. The molecule has 1 saturated heterocycles. The average molecular weight is 377 g/mol. The molecule has 1 N–H and O–H groups in total. The molecule has 0 radical (unpaired) electrons. The summed E-state index contributed by atoms with van der Waals surface area (Å²) in [5.74, 6) is 1.43. The minimum Gasteiger partial charge on any atom is -0.497 e. The maximum atomic E-state index is 12.4. The fraction of sp³-hybridized carbons (Fsp3) is 0.316. The van der Waals surface area contributed by atoms with E-state index < -0.39 is 0 Å². The van der Waals surface area contributed by atoms with Crippen LogP contribution in [0.4, 0.5) is 10.5 Å². The molecule has 138 valence electrons. The monoisotopic (exact) mass is 376 g/mol. The molecule has 0 aliphatic carbocycles. The summed E-state index contributed by atoms with van der Waals surface area (Å²) in [6.07, 6.45) is -0.194. The second-order valence-corrected chi connectivity index (χ2v) is 6.31. The molecule has 7 heteroatoms. The summed E-state index contributed by atoms with van der Waals surface area (Å²) >= 11 is 5.95. The zero-order chi connectivity index (χ0) is 18.4. The number of urea groups is 1. The normalized spacial score (nSPS) is 16.8. The van der Waals surface area contributed by atoms with E-state index >= 15 is 0 Å². The summed E-state index contributed by atoms with van der Waals surface area (Å²) in [5, 5.41) is 3.43. The quantitative estimate of drug-likeness (QED) is 0.865. The summed E-state index contributed by atoms with van der Waals surface area (Å²) in [5.41, 5.74) is 0.665. The number of nitrogens with one attached hydrogen (secondary N) is 1. The summed E-state index contributed by atoms with van der Waals surface area (Å²) in [4.78, 5) is 14.2. The van der Waals surface area contributed by atoms with Crippen molar-refractivity contribution in [2.75, 3.05) is 38.7 Å². The van der Waals surface area contributed by atoms with Gasteiger partial charge in [-0.1, -0.05) is 23.7 Å². The number of carbonyl (C=O) groups excluding carboxylic acids is 1. The summed E-state index contributed by atoms with van der Waals surface area (Å²) in [7, 11) is 1.61. The topological polar surface area (TPSA) is 60.0 Å². The van der Waals surface area contributed by atoms with Crippen LogP contribution in [0.1, 0.15) is 0 Å². The number of halogens is 1. The first-order valence-electron chi connectivity index (χ1n) is 8.34. The van der Waals surface area contributed by atoms with Gasteiger partial charge in [-0.05, 0) is 30.3 Å². The second kappa shape index (κ2) is 8.78. The van der Waals surface area contributed by atoms with Crippen molar-refractivity contribution in [3.8, 4) is 11.5 Å². The highest BCUT2D eigenvalue weighted by Crippen LogP contribution is 2.20. The maximum absolute atomic E-state index is 12.4. The van der Waals surface area contributed by atoms with E-state index in [2.05, 4.69) is 5.32 Å². The Morgan fingerprint density at radius 1 is 1.27 bits per heavy atom. The molecule has 0 saturated carbocycles. The number of ether oxygens (including phenoxy) is 3. The maximum Gasteiger partial charge on any atom is 0.322 e.